The highest BCUT2D eigenvalue weighted by atomic mass is 14.8. The van der Waals surface area contributed by atoms with Gasteiger partial charge in [-0.15, -0.1) is 0 Å². The lowest BCUT2D eigenvalue weighted by atomic mass is 9.78. The first-order valence-electron chi connectivity index (χ1n) is 7.09. The van der Waals surface area contributed by atoms with E-state index in [9.17, 15) is 0 Å². The van der Waals surface area contributed by atoms with E-state index in [-0.39, 0.29) is 0 Å². The smallest absolute Gasteiger partial charge is 0.236 e. The second-order valence-electron chi connectivity index (χ2n) is 5.02. The van der Waals surface area contributed by atoms with Crippen LogP contribution >= 0.6 is 0 Å². The highest BCUT2D eigenvalue weighted by Gasteiger charge is 2.40. The summed E-state index contributed by atoms with van der Waals surface area (Å²) < 4.78 is 0. The molecule has 3 rings (SSSR count). The van der Waals surface area contributed by atoms with E-state index in [1.54, 1.807) is 0 Å². The topological polar surface area (TPSA) is 14.0 Å². The number of benzene rings is 3. The predicted molar refractivity (Wildman–Crippen MR) is 87.3 cm³/mol. The van der Waals surface area contributed by atoms with Gasteiger partial charge >= 0.3 is 0 Å². The van der Waals surface area contributed by atoms with Crippen LogP contribution in [0, 0.1) is 0 Å². The zero-order valence-corrected chi connectivity index (χ0v) is 11.9. The Bertz CT molecular complexity index is 606. The normalized spacial score (nSPS) is 11.0. The SMILES string of the molecule is C=[NH+]C(c1ccccc1)(c1ccccc1)c1ccccc1. The second kappa shape index (κ2) is 5.76. The van der Waals surface area contributed by atoms with E-state index >= 15 is 0 Å². The van der Waals surface area contributed by atoms with Crippen molar-refractivity contribution < 1.29 is 4.99 Å². The molecule has 0 fully saturated rings. The first-order valence-corrected chi connectivity index (χ1v) is 7.09. The molecule has 0 amide bonds. The molecule has 0 bridgehead atoms. The molecule has 0 saturated heterocycles. The maximum Gasteiger partial charge on any atom is 0.236 e. The van der Waals surface area contributed by atoms with Crippen molar-refractivity contribution in [1.29, 1.82) is 0 Å². The van der Waals surface area contributed by atoms with Gasteiger partial charge in [-0.25, -0.2) is 4.99 Å². The minimum atomic E-state index is -0.441. The fraction of sp³-hybridized carbons (Fsp3) is 0.0500. The average Bonchev–Trinajstić information content (AvgIpc) is 2.59. The predicted octanol–water partition coefficient (Wildman–Crippen LogP) is 2.76. The quantitative estimate of drug-likeness (QED) is 0.554. The van der Waals surface area contributed by atoms with E-state index < -0.39 is 5.54 Å². The minimum absolute atomic E-state index is 0.441. The van der Waals surface area contributed by atoms with E-state index in [1.807, 2.05) is 18.2 Å². The van der Waals surface area contributed by atoms with Gasteiger partial charge in [0, 0.05) is 16.7 Å². The third-order valence-corrected chi connectivity index (χ3v) is 3.89. The van der Waals surface area contributed by atoms with Crippen molar-refractivity contribution in [2.75, 3.05) is 0 Å². The van der Waals surface area contributed by atoms with Crippen molar-refractivity contribution in [2.24, 2.45) is 0 Å². The summed E-state index contributed by atoms with van der Waals surface area (Å²) in [4.78, 5) is 3.31. The molecule has 3 aromatic carbocycles. The molecule has 102 valence electrons. The zero-order chi connectivity index (χ0) is 14.5. The van der Waals surface area contributed by atoms with Crippen molar-refractivity contribution in [1.82, 2.24) is 0 Å². The molecule has 1 nitrogen and oxygen atoms in total. The summed E-state index contributed by atoms with van der Waals surface area (Å²) >= 11 is 0. The summed E-state index contributed by atoms with van der Waals surface area (Å²) in [5, 5.41) is 0. The van der Waals surface area contributed by atoms with Crippen molar-refractivity contribution >= 4 is 6.72 Å². The number of rotatable bonds is 4. The van der Waals surface area contributed by atoms with Crippen molar-refractivity contribution in [3.05, 3.63) is 108 Å². The summed E-state index contributed by atoms with van der Waals surface area (Å²) in [7, 11) is 0. The van der Waals surface area contributed by atoms with Gasteiger partial charge in [0.2, 0.25) is 5.54 Å². The maximum atomic E-state index is 4.04. The first-order chi connectivity index (χ1) is 10.4. The molecule has 0 spiro atoms. The molecule has 0 atom stereocenters. The van der Waals surface area contributed by atoms with E-state index in [1.165, 1.54) is 16.7 Å². The number of hydrogen-bond donors (Lipinski definition) is 1. The summed E-state index contributed by atoms with van der Waals surface area (Å²) in [6, 6.07) is 31.3. The second-order valence-corrected chi connectivity index (χ2v) is 5.02. The van der Waals surface area contributed by atoms with Crippen LogP contribution in [0.5, 0.6) is 0 Å². The molecule has 21 heavy (non-hydrogen) atoms. The van der Waals surface area contributed by atoms with Gasteiger partial charge in [-0.05, 0) is 0 Å². The lowest BCUT2D eigenvalue weighted by Gasteiger charge is -2.26. The Kier molecular flexibility index (Phi) is 3.65. The molecule has 0 unspecified atom stereocenters. The summed E-state index contributed by atoms with van der Waals surface area (Å²) in [5.74, 6) is 0. The third kappa shape index (κ3) is 2.27. The number of hydrogen-bond acceptors (Lipinski definition) is 0. The molecule has 0 aliphatic heterocycles. The van der Waals surface area contributed by atoms with E-state index in [0.717, 1.165) is 0 Å². The Labute approximate surface area is 125 Å². The fourth-order valence-corrected chi connectivity index (χ4v) is 2.87. The minimum Gasteiger partial charge on any atom is -0.237 e. The van der Waals surface area contributed by atoms with Gasteiger partial charge in [0.25, 0.3) is 0 Å². The summed E-state index contributed by atoms with van der Waals surface area (Å²) in [6.45, 7) is 4.04. The molecule has 3 aromatic rings. The van der Waals surface area contributed by atoms with Gasteiger partial charge in [0.15, 0.2) is 0 Å². The van der Waals surface area contributed by atoms with Crippen LogP contribution in [0.25, 0.3) is 0 Å². The largest absolute Gasteiger partial charge is 0.237 e. The molecule has 1 heteroatoms. The Morgan fingerprint density at radius 3 is 1.05 bits per heavy atom. The van der Waals surface area contributed by atoms with Crippen LogP contribution in [-0.4, -0.2) is 6.72 Å². The summed E-state index contributed by atoms with van der Waals surface area (Å²) in [5.41, 5.74) is 3.09. The monoisotopic (exact) mass is 272 g/mol. The molecule has 0 saturated carbocycles. The van der Waals surface area contributed by atoms with Crippen LogP contribution in [-0.2, 0) is 5.54 Å². The summed E-state index contributed by atoms with van der Waals surface area (Å²) in [6.07, 6.45) is 0. The third-order valence-electron chi connectivity index (χ3n) is 3.89. The number of nitrogens with one attached hydrogen (secondary N) is 1. The lowest BCUT2D eigenvalue weighted by Crippen LogP contribution is -2.81. The van der Waals surface area contributed by atoms with Crippen LogP contribution in [0.2, 0.25) is 0 Å². The van der Waals surface area contributed by atoms with Gasteiger partial charge in [0.05, 0.1) is 0 Å². The van der Waals surface area contributed by atoms with Gasteiger partial charge in [-0.3, -0.25) is 0 Å². The van der Waals surface area contributed by atoms with E-state index in [4.69, 9.17) is 0 Å². The Morgan fingerprint density at radius 1 is 0.524 bits per heavy atom. The van der Waals surface area contributed by atoms with Gasteiger partial charge in [-0.1, -0.05) is 91.0 Å². The Hall–Kier alpha value is -2.67. The van der Waals surface area contributed by atoms with Crippen molar-refractivity contribution in [2.45, 2.75) is 5.54 Å². The van der Waals surface area contributed by atoms with Crippen molar-refractivity contribution in [3.63, 3.8) is 0 Å². The fourth-order valence-electron chi connectivity index (χ4n) is 2.87. The molecular weight excluding hydrogens is 254 g/mol. The van der Waals surface area contributed by atoms with E-state index in [0.29, 0.717) is 0 Å². The van der Waals surface area contributed by atoms with Gasteiger partial charge in [-0.2, -0.15) is 0 Å². The van der Waals surface area contributed by atoms with Gasteiger partial charge < -0.3 is 0 Å². The van der Waals surface area contributed by atoms with Crippen LogP contribution in [0.15, 0.2) is 91.0 Å². The Balaban J connectivity index is 2.31. The lowest BCUT2D eigenvalue weighted by molar-refractivity contribution is -0.527. The zero-order valence-electron chi connectivity index (χ0n) is 11.9. The first kappa shape index (κ1) is 13.3. The average molecular weight is 272 g/mol. The molecular formula is C20H18N+. The molecule has 0 aliphatic carbocycles. The standard InChI is InChI=1S/C20H17N/c1-21-20(17-11-5-2-6-12-17,18-13-7-3-8-14-18)19-15-9-4-10-16-19/h2-16H,1H2/p+1. The van der Waals surface area contributed by atoms with Crippen molar-refractivity contribution in [3.8, 4) is 0 Å². The van der Waals surface area contributed by atoms with Crippen LogP contribution in [0.1, 0.15) is 16.7 Å². The van der Waals surface area contributed by atoms with Crippen LogP contribution in [0.3, 0.4) is 0 Å². The van der Waals surface area contributed by atoms with Gasteiger partial charge in [0.1, 0.15) is 6.72 Å². The molecule has 0 heterocycles. The molecule has 0 aromatic heterocycles. The van der Waals surface area contributed by atoms with Crippen LogP contribution in [0.4, 0.5) is 0 Å². The molecule has 0 aliphatic rings. The van der Waals surface area contributed by atoms with Crippen LogP contribution < -0.4 is 4.99 Å². The highest BCUT2D eigenvalue weighted by molar-refractivity contribution is 5.46. The Morgan fingerprint density at radius 2 is 0.810 bits per heavy atom. The molecule has 1 N–H and O–H groups in total. The maximum absolute atomic E-state index is 4.04. The highest BCUT2D eigenvalue weighted by Crippen LogP contribution is 2.32. The van der Waals surface area contributed by atoms with E-state index in [2.05, 4.69) is 84.5 Å². The molecule has 0 radical (unpaired) electrons.